The van der Waals surface area contributed by atoms with Gasteiger partial charge < -0.3 is 5.73 Å². The van der Waals surface area contributed by atoms with E-state index in [1.165, 1.54) is 13.8 Å². The maximum Gasteiger partial charge on any atom is 0.451 e. The maximum atomic E-state index is 12.0. The Morgan fingerprint density at radius 3 is 2.25 bits per heavy atom. The number of halogens is 3. The Morgan fingerprint density at radius 1 is 1.50 bits per heavy atom. The van der Waals surface area contributed by atoms with Gasteiger partial charge in [-0.15, -0.1) is 0 Å². The highest BCUT2D eigenvalue weighted by Crippen LogP contribution is 2.18. The minimum absolute atomic E-state index is 0.898. The van der Waals surface area contributed by atoms with Crippen molar-refractivity contribution in [2.24, 2.45) is 15.7 Å². The number of hydrogen-bond acceptors (Lipinski definition) is 2. The van der Waals surface area contributed by atoms with Gasteiger partial charge in [-0.2, -0.15) is 13.2 Å². The molecule has 0 bridgehead atoms. The average Bonchev–Trinajstić information content (AvgIpc) is 1.83. The smallest absolute Gasteiger partial charge is 0.310 e. The first-order chi connectivity index (χ1) is 5.38. The normalized spacial score (nSPS) is 17.0. The Hall–Kier alpha value is -0.910. The van der Waals surface area contributed by atoms with Crippen LogP contribution in [0.1, 0.15) is 13.8 Å². The summed E-state index contributed by atoms with van der Waals surface area (Å²) in [6.45, 7) is 2.72. The van der Waals surface area contributed by atoms with Gasteiger partial charge in [-0.05, 0) is 13.8 Å². The Balaban J connectivity index is 4.67. The van der Waals surface area contributed by atoms with Crippen molar-refractivity contribution in [2.45, 2.75) is 26.2 Å². The Labute approximate surface area is 68.2 Å². The third kappa shape index (κ3) is 4.07. The molecule has 0 aromatic carbocycles. The van der Waals surface area contributed by atoms with Crippen LogP contribution in [-0.2, 0) is 0 Å². The van der Waals surface area contributed by atoms with E-state index in [4.69, 9.17) is 5.73 Å². The molecule has 0 amide bonds. The van der Waals surface area contributed by atoms with Gasteiger partial charge in [0.1, 0.15) is 0 Å². The number of alkyl halides is 3. The summed E-state index contributed by atoms with van der Waals surface area (Å²) in [6, 6.07) is 0. The van der Waals surface area contributed by atoms with Gasteiger partial charge in [0, 0.05) is 6.21 Å². The lowest BCUT2D eigenvalue weighted by molar-refractivity contribution is -0.0600. The van der Waals surface area contributed by atoms with Crippen molar-refractivity contribution in [2.75, 3.05) is 0 Å². The molecule has 0 aliphatic rings. The molecule has 0 radical (unpaired) electrons. The van der Waals surface area contributed by atoms with Crippen LogP contribution in [0, 0.1) is 0 Å². The van der Waals surface area contributed by atoms with Gasteiger partial charge in [-0.25, -0.2) is 9.98 Å². The fourth-order valence-electron chi connectivity index (χ4n) is 0.495. The molecule has 1 atom stereocenters. The Bertz CT molecular complexity index is 193. The van der Waals surface area contributed by atoms with Crippen LogP contribution >= 0.6 is 0 Å². The molecule has 6 heteroatoms. The second-order valence-electron chi connectivity index (χ2n) is 2.08. The monoisotopic (exact) mass is 181 g/mol. The molecular formula is C6H10F3N3. The molecule has 0 aromatic heterocycles. The molecule has 70 valence electrons. The maximum absolute atomic E-state index is 12.0. The van der Waals surface area contributed by atoms with E-state index >= 15 is 0 Å². The lowest BCUT2D eigenvalue weighted by Crippen LogP contribution is -2.25. The zero-order valence-electron chi connectivity index (χ0n) is 6.76. The van der Waals surface area contributed by atoms with Crippen LogP contribution in [0.5, 0.6) is 0 Å². The highest BCUT2D eigenvalue weighted by atomic mass is 19.4. The second kappa shape index (κ2) is 4.20. The largest absolute Gasteiger partial charge is 0.451 e. The van der Waals surface area contributed by atoms with E-state index < -0.39 is 18.2 Å². The van der Waals surface area contributed by atoms with Crippen molar-refractivity contribution in [3.05, 3.63) is 0 Å². The average molecular weight is 181 g/mol. The van der Waals surface area contributed by atoms with E-state index in [9.17, 15) is 13.2 Å². The summed E-state index contributed by atoms with van der Waals surface area (Å²) in [7, 11) is 0. The molecule has 0 fully saturated rings. The number of hydrogen-bond donors (Lipinski definition) is 1. The summed E-state index contributed by atoms with van der Waals surface area (Å²) < 4.78 is 35.9. The third-order valence-electron chi connectivity index (χ3n) is 0.831. The number of amidine groups is 1. The van der Waals surface area contributed by atoms with E-state index in [0.717, 1.165) is 6.21 Å². The summed E-state index contributed by atoms with van der Waals surface area (Å²) in [5.41, 5.74) is 5.06. The van der Waals surface area contributed by atoms with Crippen LogP contribution in [0.25, 0.3) is 0 Å². The van der Waals surface area contributed by atoms with E-state index in [2.05, 4.69) is 9.98 Å². The second-order valence-corrected chi connectivity index (χ2v) is 2.08. The molecule has 0 heterocycles. The fraction of sp³-hybridized carbons (Fsp3) is 0.667. The van der Waals surface area contributed by atoms with Crippen molar-refractivity contribution in [1.29, 1.82) is 0 Å². The third-order valence-corrected chi connectivity index (χ3v) is 0.831. The van der Waals surface area contributed by atoms with Crippen LogP contribution < -0.4 is 5.73 Å². The summed E-state index contributed by atoms with van der Waals surface area (Å²) in [4.78, 5) is 6.16. The van der Waals surface area contributed by atoms with Gasteiger partial charge >= 0.3 is 6.18 Å². The number of nitrogens with zero attached hydrogens (tertiary/aromatic N) is 2. The van der Waals surface area contributed by atoms with Crippen LogP contribution in [-0.4, -0.2) is 24.4 Å². The molecule has 2 N–H and O–H groups in total. The number of aliphatic imine (C=N–C) groups is 2. The first-order valence-electron chi connectivity index (χ1n) is 3.27. The van der Waals surface area contributed by atoms with Crippen molar-refractivity contribution in [3.63, 3.8) is 0 Å². The predicted molar refractivity (Wildman–Crippen MR) is 41.3 cm³/mol. The van der Waals surface area contributed by atoms with E-state index in [1.807, 2.05) is 0 Å². The van der Waals surface area contributed by atoms with Crippen molar-refractivity contribution in [1.82, 2.24) is 0 Å². The van der Waals surface area contributed by atoms with E-state index in [-0.39, 0.29) is 0 Å². The van der Waals surface area contributed by atoms with Gasteiger partial charge in [0.25, 0.3) is 0 Å². The van der Waals surface area contributed by atoms with Gasteiger partial charge in [0.15, 0.2) is 0 Å². The molecule has 0 saturated heterocycles. The first kappa shape index (κ1) is 11.1. The van der Waals surface area contributed by atoms with Crippen LogP contribution in [0.15, 0.2) is 9.98 Å². The quantitative estimate of drug-likeness (QED) is 0.481. The van der Waals surface area contributed by atoms with Gasteiger partial charge in [0.2, 0.25) is 5.84 Å². The summed E-state index contributed by atoms with van der Waals surface area (Å²) in [6.07, 6.45) is -4.40. The molecule has 3 nitrogen and oxygen atoms in total. The van der Waals surface area contributed by atoms with Crippen molar-refractivity contribution >= 4 is 12.1 Å². The molecule has 12 heavy (non-hydrogen) atoms. The lowest BCUT2D eigenvalue weighted by atomic mass is 10.5. The van der Waals surface area contributed by atoms with Gasteiger partial charge in [-0.1, -0.05) is 0 Å². The molecule has 0 rings (SSSR count). The van der Waals surface area contributed by atoms with Crippen molar-refractivity contribution in [3.8, 4) is 0 Å². The van der Waals surface area contributed by atoms with Crippen LogP contribution in [0.2, 0.25) is 0 Å². The minimum atomic E-state index is -4.53. The number of rotatable bonds is 1. The highest BCUT2D eigenvalue weighted by Gasteiger charge is 2.35. The molecule has 1 unspecified atom stereocenters. The van der Waals surface area contributed by atoms with Gasteiger partial charge in [0.05, 0.1) is 6.17 Å². The van der Waals surface area contributed by atoms with Gasteiger partial charge in [-0.3, -0.25) is 0 Å². The Kier molecular flexibility index (Phi) is 3.88. The topological polar surface area (TPSA) is 50.7 Å². The molecule has 0 spiro atoms. The zero-order chi connectivity index (χ0) is 9.78. The standard InChI is InChI=1S/C6H10F3N3/c1-3-11-5(6(7,8)9)12-4(2)10/h3-4H,10H2,1-2H3/b11-3-,12-5-. The highest BCUT2D eigenvalue weighted by molar-refractivity contribution is 5.93. The van der Waals surface area contributed by atoms with E-state index in [1.54, 1.807) is 0 Å². The van der Waals surface area contributed by atoms with Crippen LogP contribution in [0.4, 0.5) is 13.2 Å². The minimum Gasteiger partial charge on any atom is -0.310 e. The zero-order valence-corrected chi connectivity index (χ0v) is 6.76. The van der Waals surface area contributed by atoms with Crippen LogP contribution in [0.3, 0.4) is 0 Å². The summed E-state index contributed by atoms with van der Waals surface area (Å²) >= 11 is 0. The first-order valence-corrected chi connectivity index (χ1v) is 3.27. The summed E-state index contributed by atoms with van der Waals surface area (Å²) in [5.74, 6) is -1.19. The molecule has 0 aliphatic carbocycles. The molecular weight excluding hydrogens is 171 g/mol. The molecule has 0 aromatic rings. The predicted octanol–water partition coefficient (Wildman–Crippen LogP) is 1.34. The Morgan fingerprint density at radius 2 is 2.00 bits per heavy atom. The summed E-state index contributed by atoms with van der Waals surface area (Å²) in [5, 5.41) is 0. The van der Waals surface area contributed by atoms with E-state index in [0.29, 0.717) is 0 Å². The SMILES string of the molecule is C/C=N\C(=N/C(C)N)C(F)(F)F. The van der Waals surface area contributed by atoms with Crippen molar-refractivity contribution < 1.29 is 13.2 Å². The molecule has 0 aliphatic heterocycles. The fourth-order valence-corrected chi connectivity index (χ4v) is 0.495. The lowest BCUT2D eigenvalue weighted by Gasteiger charge is -2.06. The molecule has 0 saturated carbocycles. The number of nitrogens with two attached hydrogens (primary N) is 1.